The van der Waals surface area contributed by atoms with Gasteiger partial charge in [0.15, 0.2) is 0 Å². The summed E-state index contributed by atoms with van der Waals surface area (Å²) in [4.78, 5) is 14.7. The standard InChI is InChI=1S/C11H13NO3/c1-3-5-8(2)15-10-9(11(13)14)6-4-7-12-10/h3-4,6-8H,1,5H2,2H3,(H,13,14)/t8-/m0/s1. The summed E-state index contributed by atoms with van der Waals surface area (Å²) < 4.78 is 5.38. The van der Waals surface area contributed by atoms with Crippen LogP contribution in [0.15, 0.2) is 31.0 Å². The fourth-order valence-electron chi connectivity index (χ4n) is 1.12. The van der Waals surface area contributed by atoms with Crippen molar-refractivity contribution in [2.75, 3.05) is 0 Å². The summed E-state index contributed by atoms with van der Waals surface area (Å²) >= 11 is 0. The summed E-state index contributed by atoms with van der Waals surface area (Å²) in [5, 5.41) is 8.87. The van der Waals surface area contributed by atoms with Gasteiger partial charge in [-0.25, -0.2) is 9.78 Å². The van der Waals surface area contributed by atoms with Gasteiger partial charge in [0.05, 0.1) is 0 Å². The maximum Gasteiger partial charge on any atom is 0.341 e. The normalized spacial score (nSPS) is 11.8. The molecule has 0 aliphatic carbocycles. The van der Waals surface area contributed by atoms with Crippen LogP contribution < -0.4 is 4.74 Å². The third-order valence-electron chi connectivity index (χ3n) is 1.81. The molecule has 4 nitrogen and oxygen atoms in total. The summed E-state index contributed by atoms with van der Waals surface area (Å²) in [6.07, 6.45) is 3.74. The minimum atomic E-state index is -1.04. The van der Waals surface area contributed by atoms with E-state index >= 15 is 0 Å². The molecule has 0 saturated heterocycles. The first kappa shape index (κ1) is 11.2. The number of carboxylic acids is 1. The lowest BCUT2D eigenvalue weighted by Crippen LogP contribution is -2.14. The van der Waals surface area contributed by atoms with Crippen molar-refractivity contribution in [2.24, 2.45) is 0 Å². The van der Waals surface area contributed by atoms with Gasteiger partial charge in [0.2, 0.25) is 5.88 Å². The average Bonchev–Trinajstić information content (AvgIpc) is 2.18. The lowest BCUT2D eigenvalue weighted by Gasteiger charge is -2.12. The predicted molar refractivity (Wildman–Crippen MR) is 56.1 cm³/mol. The van der Waals surface area contributed by atoms with Crippen molar-refractivity contribution in [3.8, 4) is 5.88 Å². The Bertz CT molecular complexity index is 363. The second kappa shape index (κ2) is 5.14. The molecule has 15 heavy (non-hydrogen) atoms. The third kappa shape index (κ3) is 3.09. The van der Waals surface area contributed by atoms with E-state index in [1.165, 1.54) is 12.3 Å². The number of hydrogen-bond donors (Lipinski definition) is 1. The highest BCUT2D eigenvalue weighted by atomic mass is 16.5. The molecule has 80 valence electrons. The minimum Gasteiger partial charge on any atom is -0.477 e. The van der Waals surface area contributed by atoms with Crippen LogP contribution in [0.5, 0.6) is 5.88 Å². The molecule has 0 spiro atoms. The number of ether oxygens (including phenoxy) is 1. The Kier molecular flexibility index (Phi) is 3.85. The number of carboxylic acid groups (broad SMARTS) is 1. The Morgan fingerprint density at radius 2 is 2.53 bits per heavy atom. The molecule has 1 aromatic heterocycles. The Balaban J connectivity index is 2.84. The van der Waals surface area contributed by atoms with Gasteiger partial charge in [-0.2, -0.15) is 0 Å². The van der Waals surface area contributed by atoms with Crippen LogP contribution in [0.2, 0.25) is 0 Å². The Labute approximate surface area is 88.2 Å². The molecule has 1 rings (SSSR count). The highest BCUT2D eigenvalue weighted by molar-refractivity contribution is 5.90. The highest BCUT2D eigenvalue weighted by Gasteiger charge is 2.13. The van der Waals surface area contributed by atoms with Gasteiger partial charge in [-0.1, -0.05) is 6.08 Å². The molecule has 0 fully saturated rings. The molecule has 0 amide bonds. The summed E-state index contributed by atoms with van der Waals surface area (Å²) in [6, 6.07) is 3.03. The lowest BCUT2D eigenvalue weighted by atomic mass is 10.2. The van der Waals surface area contributed by atoms with E-state index < -0.39 is 5.97 Å². The first-order valence-corrected chi connectivity index (χ1v) is 4.61. The molecule has 0 bridgehead atoms. The van der Waals surface area contributed by atoms with Crippen molar-refractivity contribution < 1.29 is 14.6 Å². The number of aromatic carboxylic acids is 1. The lowest BCUT2D eigenvalue weighted by molar-refractivity contribution is 0.0688. The van der Waals surface area contributed by atoms with Crippen LogP contribution in [0.1, 0.15) is 23.7 Å². The van der Waals surface area contributed by atoms with Crippen molar-refractivity contribution in [2.45, 2.75) is 19.4 Å². The van der Waals surface area contributed by atoms with Crippen LogP contribution in [-0.2, 0) is 0 Å². The van der Waals surface area contributed by atoms with Crippen LogP contribution in [0.4, 0.5) is 0 Å². The van der Waals surface area contributed by atoms with Crippen LogP contribution in [0.3, 0.4) is 0 Å². The van der Waals surface area contributed by atoms with E-state index in [-0.39, 0.29) is 17.5 Å². The van der Waals surface area contributed by atoms with E-state index in [9.17, 15) is 4.79 Å². The van der Waals surface area contributed by atoms with E-state index in [2.05, 4.69) is 11.6 Å². The number of carbonyl (C=O) groups is 1. The molecule has 1 N–H and O–H groups in total. The Morgan fingerprint density at radius 1 is 1.80 bits per heavy atom. The first-order chi connectivity index (χ1) is 7.15. The summed E-state index contributed by atoms with van der Waals surface area (Å²) in [5.74, 6) is -0.886. The molecule has 0 aliphatic heterocycles. The second-order valence-corrected chi connectivity index (χ2v) is 3.11. The van der Waals surface area contributed by atoms with E-state index in [1.807, 2.05) is 6.92 Å². The SMILES string of the molecule is C=CC[C@H](C)Oc1ncccc1C(=O)O. The summed E-state index contributed by atoms with van der Waals surface area (Å²) in [5.41, 5.74) is 0.0772. The van der Waals surface area contributed by atoms with Crippen LogP contribution in [0.25, 0.3) is 0 Å². The largest absolute Gasteiger partial charge is 0.477 e. The van der Waals surface area contributed by atoms with E-state index in [0.717, 1.165) is 0 Å². The van der Waals surface area contributed by atoms with Gasteiger partial charge in [-0.05, 0) is 19.1 Å². The van der Waals surface area contributed by atoms with Gasteiger partial charge in [0, 0.05) is 12.6 Å². The predicted octanol–water partition coefficient (Wildman–Crippen LogP) is 2.12. The van der Waals surface area contributed by atoms with E-state index in [1.54, 1.807) is 12.1 Å². The fourth-order valence-corrected chi connectivity index (χ4v) is 1.12. The Morgan fingerprint density at radius 3 is 3.13 bits per heavy atom. The topological polar surface area (TPSA) is 59.4 Å². The maximum atomic E-state index is 10.8. The molecule has 0 saturated carbocycles. The Hall–Kier alpha value is -1.84. The van der Waals surface area contributed by atoms with Gasteiger partial charge in [-0.15, -0.1) is 6.58 Å². The molecule has 0 radical (unpaired) electrons. The zero-order valence-corrected chi connectivity index (χ0v) is 8.51. The molecular weight excluding hydrogens is 194 g/mol. The van der Waals surface area contributed by atoms with E-state index in [0.29, 0.717) is 6.42 Å². The molecule has 0 aromatic carbocycles. The first-order valence-electron chi connectivity index (χ1n) is 4.61. The molecule has 0 unspecified atom stereocenters. The molecule has 0 aliphatic rings. The number of nitrogens with zero attached hydrogens (tertiary/aromatic N) is 1. The molecule has 1 atom stereocenters. The maximum absolute atomic E-state index is 10.8. The van der Waals surface area contributed by atoms with Gasteiger partial charge >= 0.3 is 5.97 Å². The van der Waals surface area contributed by atoms with Crippen LogP contribution >= 0.6 is 0 Å². The molecular formula is C11H13NO3. The fraction of sp³-hybridized carbons (Fsp3) is 0.273. The summed E-state index contributed by atoms with van der Waals surface area (Å²) in [6.45, 7) is 5.42. The van der Waals surface area contributed by atoms with E-state index in [4.69, 9.17) is 9.84 Å². The number of rotatable bonds is 5. The smallest absolute Gasteiger partial charge is 0.341 e. The molecule has 1 aromatic rings. The zero-order valence-electron chi connectivity index (χ0n) is 8.51. The van der Waals surface area contributed by atoms with Gasteiger partial charge < -0.3 is 9.84 Å². The monoisotopic (exact) mass is 207 g/mol. The van der Waals surface area contributed by atoms with Crippen LogP contribution in [-0.4, -0.2) is 22.2 Å². The van der Waals surface area contributed by atoms with Gasteiger partial charge in [0.1, 0.15) is 11.7 Å². The average molecular weight is 207 g/mol. The number of aromatic nitrogens is 1. The summed E-state index contributed by atoms with van der Waals surface area (Å²) in [7, 11) is 0. The molecule has 1 heterocycles. The van der Waals surface area contributed by atoms with Crippen molar-refractivity contribution in [3.63, 3.8) is 0 Å². The zero-order chi connectivity index (χ0) is 11.3. The quantitative estimate of drug-likeness (QED) is 0.751. The van der Waals surface area contributed by atoms with Crippen molar-refractivity contribution in [1.29, 1.82) is 0 Å². The van der Waals surface area contributed by atoms with Crippen molar-refractivity contribution in [1.82, 2.24) is 4.98 Å². The second-order valence-electron chi connectivity index (χ2n) is 3.11. The molecule has 4 heteroatoms. The van der Waals surface area contributed by atoms with Crippen molar-refractivity contribution in [3.05, 3.63) is 36.5 Å². The highest BCUT2D eigenvalue weighted by Crippen LogP contribution is 2.16. The van der Waals surface area contributed by atoms with Gasteiger partial charge in [-0.3, -0.25) is 0 Å². The van der Waals surface area contributed by atoms with Crippen LogP contribution in [0, 0.1) is 0 Å². The minimum absolute atomic E-state index is 0.0772. The third-order valence-corrected chi connectivity index (χ3v) is 1.81. The number of pyridine rings is 1. The van der Waals surface area contributed by atoms with Gasteiger partial charge in [0.25, 0.3) is 0 Å². The van der Waals surface area contributed by atoms with Crippen molar-refractivity contribution >= 4 is 5.97 Å². The number of hydrogen-bond acceptors (Lipinski definition) is 3.